The summed E-state index contributed by atoms with van der Waals surface area (Å²) in [5, 5.41) is 3.33. The topological polar surface area (TPSA) is 47.0 Å². The fourth-order valence-corrected chi connectivity index (χ4v) is 1.75. The summed E-state index contributed by atoms with van der Waals surface area (Å²) in [7, 11) is 1.63. The molecule has 1 fully saturated rings. The fraction of sp³-hybridized carbons (Fsp3) is 0.600. The van der Waals surface area contributed by atoms with Gasteiger partial charge in [-0.25, -0.2) is 4.98 Å². The van der Waals surface area contributed by atoms with Gasteiger partial charge in [0.25, 0.3) is 0 Å². The standard InChI is InChI=1S/C10H15N3O/c1-14-9-4-7-12-10(13-9)8-2-5-11-6-3-8/h4,7-8,11H,2-3,5-6H2,1H3. The van der Waals surface area contributed by atoms with E-state index in [1.165, 1.54) is 0 Å². The summed E-state index contributed by atoms with van der Waals surface area (Å²) in [5.41, 5.74) is 0. The van der Waals surface area contributed by atoms with E-state index in [-0.39, 0.29) is 0 Å². The first-order valence-electron chi connectivity index (χ1n) is 4.98. The lowest BCUT2D eigenvalue weighted by Gasteiger charge is -2.21. The lowest BCUT2D eigenvalue weighted by atomic mass is 9.97. The van der Waals surface area contributed by atoms with E-state index in [1.54, 1.807) is 19.4 Å². The van der Waals surface area contributed by atoms with Gasteiger partial charge in [-0.2, -0.15) is 4.98 Å². The number of piperidine rings is 1. The predicted molar refractivity (Wildman–Crippen MR) is 53.4 cm³/mol. The van der Waals surface area contributed by atoms with E-state index in [0.717, 1.165) is 31.8 Å². The lowest BCUT2D eigenvalue weighted by Crippen LogP contribution is -2.27. The molecular weight excluding hydrogens is 178 g/mol. The van der Waals surface area contributed by atoms with Gasteiger partial charge in [0.05, 0.1) is 7.11 Å². The largest absolute Gasteiger partial charge is 0.481 e. The Labute approximate surface area is 83.7 Å². The molecule has 1 aromatic rings. The molecule has 0 radical (unpaired) electrons. The van der Waals surface area contributed by atoms with Crippen LogP contribution in [0.15, 0.2) is 12.3 Å². The molecule has 0 atom stereocenters. The molecule has 0 unspecified atom stereocenters. The number of ether oxygens (including phenoxy) is 1. The monoisotopic (exact) mass is 193 g/mol. The van der Waals surface area contributed by atoms with Crippen LogP contribution in [0.4, 0.5) is 0 Å². The van der Waals surface area contributed by atoms with Crippen LogP contribution in [0.25, 0.3) is 0 Å². The molecule has 0 spiro atoms. The quantitative estimate of drug-likeness (QED) is 0.759. The van der Waals surface area contributed by atoms with Crippen LogP contribution in [-0.4, -0.2) is 30.2 Å². The third kappa shape index (κ3) is 2.01. The van der Waals surface area contributed by atoms with Crippen LogP contribution in [0.5, 0.6) is 5.88 Å². The normalized spacial score (nSPS) is 18.1. The number of nitrogens with one attached hydrogen (secondary N) is 1. The van der Waals surface area contributed by atoms with E-state index in [4.69, 9.17) is 4.74 Å². The van der Waals surface area contributed by atoms with Crippen molar-refractivity contribution < 1.29 is 4.74 Å². The Morgan fingerprint density at radius 3 is 2.93 bits per heavy atom. The van der Waals surface area contributed by atoms with Crippen molar-refractivity contribution in [1.29, 1.82) is 0 Å². The second kappa shape index (κ2) is 4.37. The van der Waals surface area contributed by atoms with Crippen molar-refractivity contribution in [3.63, 3.8) is 0 Å². The zero-order valence-electron chi connectivity index (χ0n) is 8.36. The molecule has 0 aliphatic carbocycles. The number of nitrogens with zero attached hydrogens (tertiary/aromatic N) is 2. The molecule has 0 amide bonds. The van der Waals surface area contributed by atoms with E-state index in [0.29, 0.717) is 11.8 Å². The Kier molecular flexibility index (Phi) is 2.93. The number of hydrogen-bond donors (Lipinski definition) is 1. The SMILES string of the molecule is COc1ccnc(C2CCNCC2)n1. The average Bonchev–Trinajstić information content (AvgIpc) is 2.30. The van der Waals surface area contributed by atoms with E-state index < -0.39 is 0 Å². The van der Waals surface area contributed by atoms with Crippen LogP contribution in [0.2, 0.25) is 0 Å². The molecule has 4 nitrogen and oxygen atoms in total. The first-order chi connectivity index (χ1) is 6.90. The summed E-state index contributed by atoms with van der Waals surface area (Å²) in [6.07, 6.45) is 4.00. The summed E-state index contributed by atoms with van der Waals surface area (Å²) in [6.45, 7) is 2.12. The highest BCUT2D eigenvalue weighted by Crippen LogP contribution is 2.22. The van der Waals surface area contributed by atoms with Gasteiger partial charge in [-0.15, -0.1) is 0 Å². The highest BCUT2D eigenvalue weighted by atomic mass is 16.5. The van der Waals surface area contributed by atoms with Crippen molar-refractivity contribution in [1.82, 2.24) is 15.3 Å². The van der Waals surface area contributed by atoms with Crippen LogP contribution in [0.3, 0.4) is 0 Å². The van der Waals surface area contributed by atoms with E-state index in [1.807, 2.05) is 0 Å². The van der Waals surface area contributed by atoms with E-state index in [9.17, 15) is 0 Å². The summed E-state index contributed by atoms with van der Waals surface area (Å²) < 4.78 is 5.08. The second-order valence-corrected chi connectivity index (χ2v) is 3.48. The molecule has 0 aromatic carbocycles. The van der Waals surface area contributed by atoms with Crippen molar-refractivity contribution in [2.75, 3.05) is 20.2 Å². The van der Waals surface area contributed by atoms with Crippen molar-refractivity contribution in [2.45, 2.75) is 18.8 Å². The first-order valence-corrected chi connectivity index (χ1v) is 4.98. The number of methoxy groups -OCH3 is 1. The first kappa shape index (κ1) is 9.40. The van der Waals surface area contributed by atoms with Gasteiger partial charge >= 0.3 is 0 Å². The van der Waals surface area contributed by atoms with Crippen molar-refractivity contribution in [2.24, 2.45) is 0 Å². The Morgan fingerprint density at radius 2 is 2.21 bits per heavy atom. The molecule has 1 N–H and O–H groups in total. The Morgan fingerprint density at radius 1 is 1.43 bits per heavy atom. The minimum absolute atomic E-state index is 0.492. The van der Waals surface area contributed by atoms with Crippen LogP contribution in [-0.2, 0) is 0 Å². The highest BCUT2D eigenvalue weighted by Gasteiger charge is 2.17. The smallest absolute Gasteiger partial charge is 0.216 e. The molecular formula is C10H15N3O. The molecule has 1 aliphatic heterocycles. The fourth-order valence-electron chi connectivity index (χ4n) is 1.75. The van der Waals surface area contributed by atoms with E-state index in [2.05, 4.69) is 15.3 Å². The number of hydrogen-bond acceptors (Lipinski definition) is 4. The average molecular weight is 193 g/mol. The second-order valence-electron chi connectivity index (χ2n) is 3.48. The van der Waals surface area contributed by atoms with Gasteiger partial charge in [0.1, 0.15) is 5.82 Å². The third-order valence-corrected chi connectivity index (χ3v) is 2.56. The van der Waals surface area contributed by atoms with Crippen LogP contribution in [0.1, 0.15) is 24.6 Å². The maximum absolute atomic E-state index is 5.08. The Hall–Kier alpha value is -1.16. The molecule has 2 rings (SSSR count). The van der Waals surface area contributed by atoms with Gasteiger partial charge in [-0.3, -0.25) is 0 Å². The zero-order valence-corrected chi connectivity index (χ0v) is 8.36. The maximum Gasteiger partial charge on any atom is 0.216 e. The maximum atomic E-state index is 5.08. The molecule has 4 heteroatoms. The van der Waals surface area contributed by atoms with Gasteiger partial charge in [0, 0.05) is 18.2 Å². The van der Waals surface area contributed by atoms with Gasteiger partial charge in [-0.1, -0.05) is 0 Å². The molecule has 1 aromatic heterocycles. The van der Waals surface area contributed by atoms with E-state index >= 15 is 0 Å². The van der Waals surface area contributed by atoms with Crippen LogP contribution >= 0.6 is 0 Å². The molecule has 76 valence electrons. The Balaban J connectivity index is 2.13. The van der Waals surface area contributed by atoms with Crippen molar-refractivity contribution in [3.8, 4) is 5.88 Å². The highest BCUT2D eigenvalue weighted by molar-refractivity contribution is 5.11. The van der Waals surface area contributed by atoms with Crippen LogP contribution in [0, 0.1) is 0 Å². The summed E-state index contributed by atoms with van der Waals surface area (Å²) in [5.74, 6) is 2.07. The number of aromatic nitrogens is 2. The zero-order chi connectivity index (χ0) is 9.80. The predicted octanol–water partition coefficient (Wildman–Crippen LogP) is 0.952. The number of rotatable bonds is 2. The molecule has 0 bridgehead atoms. The lowest BCUT2D eigenvalue weighted by molar-refractivity contribution is 0.386. The molecule has 0 saturated carbocycles. The van der Waals surface area contributed by atoms with Crippen molar-refractivity contribution >= 4 is 0 Å². The Bertz CT molecular complexity index is 297. The minimum Gasteiger partial charge on any atom is -0.481 e. The third-order valence-electron chi connectivity index (χ3n) is 2.56. The van der Waals surface area contributed by atoms with Crippen LogP contribution < -0.4 is 10.1 Å². The minimum atomic E-state index is 0.492. The van der Waals surface area contributed by atoms with Gasteiger partial charge in [0.2, 0.25) is 5.88 Å². The summed E-state index contributed by atoms with van der Waals surface area (Å²) in [6, 6.07) is 1.78. The molecule has 1 aliphatic rings. The van der Waals surface area contributed by atoms with Gasteiger partial charge < -0.3 is 10.1 Å². The van der Waals surface area contributed by atoms with Gasteiger partial charge in [-0.05, 0) is 25.9 Å². The van der Waals surface area contributed by atoms with Gasteiger partial charge in [0.15, 0.2) is 0 Å². The summed E-state index contributed by atoms with van der Waals surface area (Å²) >= 11 is 0. The summed E-state index contributed by atoms with van der Waals surface area (Å²) in [4.78, 5) is 8.65. The molecule has 1 saturated heterocycles. The molecule has 14 heavy (non-hydrogen) atoms. The molecule has 2 heterocycles. The van der Waals surface area contributed by atoms with Crippen molar-refractivity contribution in [3.05, 3.63) is 18.1 Å².